The molecule has 1 fully saturated rings. The molecule has 0 unspecified atom stereocenters. The number of hydrogen-bond acceptors (Lipinski definition) is 4. The average Bonchev–Trinajstić information content (AvgIpc) is 3.17. The molecule has 1 saturated heterocycles. The number of rotatable bonds is 5. The highest BCUT2D eigenvalue weighted by atomic mass is 32.2. The zero-order chi connectivity index (χ0) is 18.7. The van der Waals surface area contributed by atoms with Gasteiger partial charge in [-0.05, 0) is 55.7 Å². The lowest BCUT2D eigenvalue weighted by atomic mass is 10.1. The molecule has 6 nitrogen and oxygen atoms in total. The predicted molar refractivity (Wildman–Crippen MR) is 107 cm³/mol. The van der Waals surface area contributed by atoms with E-state index in [-0.39, 0.29) is 4.90 Å². The van der Waals surface area contributed by atoms with Crippen molar-refractivity contribution in [3.63, 3.8) is 0 Å². The second-order valence-corrected chi connectivity index (χ2v) is 8.29. The Labute approximate surface area is 159 Å². The van der Waals surface area contributed by atoms with E-state index in [1.165, 1.54) is 19.3 Å². The summed E-state index contributed by atoms with van der Waals surface area (Å²) in [6.45, 7) is 2.06. The maximum absolute atomic E-state index is 12.8. The highest BCUT2D eigenvalue weighted by Gasteiger charge is 2.18. The van der Waals surface area contributed by atoms with Gasteiger partial charge in [-0.15, -0.1) is 0 Å². The van der Waals surface area contributed by atoms with Crippen LogP contribution in [0.5, 0.6) is 0 Å². The van der Waals surface area contributed by atoms with Crippen LogP contribution >= 0.6 is 0 Å². The summed E-state index contributed by atoms with van der Waals surface area (Å²) in [5.74, 6) is 0.404. The van der Waals surface area contributed by atoms with Gasteiger partial charge in [0, 0.05) is 24.8 Å². The number of hydrogen-bond donors (Lipinski definition) is 1. The van der Waals surface area contributed by atoms with E-state index in [9.17, 15) is 8.42 Å². The van der Waals surface area contributed by atoms with Gasteiger partial charge in [0.05, 0.1) is 16.8 Å². The highest BCUT2D eigenvalue weighted by Crippen LogP contribution is 2.23. The van der Waals surface area contributed by atoms with Gasteiger partial charge >= 0.3 is 0 Å². The number of piperidine rings is 1. The van der Waals surface area contributed by atoms with Crippen LogP contribution in [0.4, 0.5) is 11.5 Å². The maximum atomic E-state index is 12.8. The summed E-state index contributed by atoms with van der Waals surface area (Å²) in [6.07, 6.45) is 5.21. The molecule has 0 bridgehead atoms. The Morgan fingerprint density at radius 2 is 1.52 bits per heavy atom. The molecule has 4 rings (SSSR count). The van der Waals surface area contributed by atoms with Crippen molar-refractivity contribution >= 4 is 21.5 Å². The smallest absolute Gasteiger partial charge is 0.263 e. The van der Waals surface area contributed by atoms with Crippen LogP contribution in [-0.4, -0.2) is 31.3 Å². The van der Waals surface area contributed by atoms with Gasteiger partial charge in [-0.3, -0.25) is 4.72 Å². The molecule has 0 amide bonds. The fourth-order valence-corrected chi connectivity index (χ4v) is 4.38. The minimum atomic E-state index is -3.69. The van der Waals surface area contributed by atoms with Crippen LogP contribution < -0.4 is 9.62 Å². The third-order valence-corrected chi connectivity index (χ3v) is 6.12. The first kappa shape index (κ1) is 17.6. The van der Waals surface area contributed by atoms with E-state index in [0.717, 1.165) is 24.5 Å². The number of aromatic nitrogens is 2. The summed E-state index contributed by atoms with van der Waals surface area (Å²) in [7, 11) is -3.69. The SMILES string of the molecule is O=S(=O)(Nc1ccnn1-c1ccccc1)c1ccc(N2CCCCC2)cc1. The molecule has 0 atom stereocenters. The summed E-state index contributed by atoms with van der Waals surface area (Å²) in [5.41, 5.74) is 1.86. The summed E-state index contributed by atoms with van der Waals surface area (Å²) in [4.78, 5) is 2.54. The van der Waals surface area contributed by atoms with Crippen molar-refractivity contribution in [3.8, 4) is 5.69 Å². The van der Waals surface area contributed by atoms with Gasteiger partial charge in [-0.1, -0.05) is 18.2 Å². The summed E-state index contributed by atoms with van der Waals surface area (Å²) >= 11 is 0. The minimum Gasteiger partial charge on any atom is -0.372 e. The molecule has 0 saturated carbocycles. The predicted octanol–water partition coefficient (Wildman–Crippen LogP) is 3.66. The highest BCUT2D eigenvalue weighted by molar-refractivity contribution is 7.92. The Bertz CT molecular complexity index is 992. The molecule has 0 aliphatic carbocycles. The van der Waals surface area contributed by atoms with E-state index in [2.05, 4.69) is 14.7 Å². The lowest BCUT2D eigenvalue weighted by molar-refractivity contribution is 0.577. The van der Waals surface area contributed by atoms with Crippen LogP contribution in [-0.2, 0) is 10.0 Å². The van der Waals surface area contributed by atoms with Crippen molar-refractivity contribution in [1.29, 1.82) is 0 Å². The average molecular weight is 382 g/mol. The molecule has 2 aromatic carbocycles. The van der Waals surface area contributed by atoms with E-state index < -0.39 is 10.0 Å². The van der Waals surface area contributed by atoms with Gasteiger partial charge in [0.2, 0.25) is 0 Å². The number of nitrogens with one attached hydrogen (secondary N) is 1. The number of benzene rings is 2. The third kappa shape index (κ3) is 3.83. The van der Waals surface area contributed by atoms with Gasteiger partial charge in [0.15, 0.2) is 0 Å². The Morgan fingerprint density at radius 1 is 0.815 bits per heavy atom. The fraction of sp³-hybridized carbons (Fsp3) is 0.250. The minimum absolute atomic E-state index is 0.240. The molecular formula is C20H22N4O2S. The third-order valence-electron chi connectivity index (χ3n) is 4.75. The number of sulfonamides is 1. The Hall–Kier alpha value is -2.80. The van der Waals surface area contributed by atoms with E-state index in [1.807, 2.05) is 42.5 Å². The largest absolute Gasteiger partial charge is 0.372 e. The topological polar surface area (TPSA) is 67.2 Å². The lowest BCUT2D eigenvalue weighted by Crippen LogP contribution is -2.29. The van der Waals surface area contributed by atoms with Crippen LogP contribution in [0.3, 0.4) is 0 Å². The van der Waals surface area contributed by atoms with E-state index in [1.54, 1.807) is 29.1 Å². The molecule has 1 aliphatic rings. The first-order valence-corrected chi connectivity index (χ1v) is 10.6. The van der Waals surface area contributed by atoms with Gasteiger partial charge in [-0.2, -0.15) is 5.10 Å². The fourth-order valence-electron chi connectivity index (χ4n) is 3.34. The summed E-state index contributed by atoms with van der Waals surface area (Å²) in [6, 6.07) is 18.2. The molecule has 0 radical (unpaired) electrons. The van der Waals surface area contributed by atoms with Crippen LogP contribution in [0.2, 0.25) is 0 Å². The summed E-state index contributed by atoms with van der Waals surface area (Å²) in [5, 5.41) is 4.22. The summed E-state index contributed by atoms with van der Waals surface area (Å²) < 4.78 is 29.8. The molecule has 140 valence electrons. The van der Waals surface area contributed by atoms with E-state index in [4.69, 9.17) is 0 Å². The second kappa shape index (κ2) is 7.44. The molecule has 3 aromatic rings. The van der Waals surface area contributed by atoms with E-state index >= 15 is 0 Å². The normalized spacial score (nSPS) is 14.9. The van der Waals surface area contributed by atoms with Crippen molar-refractivity contribution in [1.82, 2.24) is 9.78 Å². The molecular weight excluding hydrogens is 360 g/mol. The van der Waals surface area contributed by atoms with Crippen LogP contribution in [0, 0.1) is 0 Å². The zero-order valence-corrected chi connectivity index (χ0v) is 15.8. The first-order chi connectivity index (χ1) is 13.1. The van der Waals surface area contributed by atoms with Crippen molar-refractivity contribution in [2.75, 3.05) is 22.7 Å². The molecule has 1 aliphatic heterocycles. The lowest BCUT2D eigenvalue weighted by Gasteiger charge is -2.28. The van der Waals surface area contributed by atoms with Crippen molar-refractivity contribution in [2.24, 2.45) is 0 Å². The first-order valence-electron chi connectivity index (χ1n) is 9.11. The van der Waals surface area contributed by atoms with Crippen molar-refractivity contribution in [3.05, 3.63) is 66.9 Å². The standard InChI is InChI=1S/C20H22N4O2S/c25-27(26,19-11-9-17(10-12-19)23-15-5-2-6-16-23)22-20-13-14-21-24(20)18-7-3-1-4-8-18/h1,3-4,7-14,22H,2,5-6,15-16H2. The molecule has 7 heteroatoms. The second-order valence-electron chi connectivity index (χ2n) is 6.61. The van der Waals surface area contributed by atoms with Crippen LogP contribution in [0.25, 0.3) is 5.69 Å². The Balaban J connectivity index is 1.55. The van der Waals surface area contributed by atoms with Gasteiger partial charge in [0.25, 0.3) is 10.0 Å². The molecule has 1 N–H and O–H groups in total. The van der Waals surface area contributed by atoms with Gasteiger partial charge in [0.1, 0.15) is 5.82 Å². The van der Waals surface area contributed by atoms with Crippen LogP contribution in [0.15, 0.2) is 71.8 Å². The molecule has 0 spiro atoms. The number of para-hydroxylation sites is 1. The quantitative estimate of drug-likeness (QED) is 0.731. The van der Waals surface area contributed by atoms with Crippen molar-refractivity contribution < 1.29 is 8.42 Å². The molecule has 1 aromatic heterocycles. The zero-order valence-electron chi connectivity index (χ0n) is 15.0. The maximum Gasteiger partial charge on any atom is 0.263 e. The Morgan fingerprint density at radius 3 is 2.22 bits per heavy atom. The van der Waals surface area contributed by atoms with Crippen LogP contribution in [0.1, 0.15) is 19.3 Å². The van der Waals surface area contributed by atoms with Gasteiger partial charge < -0.3 is 4.90 Å². The monoisotopic (exact) mass is 382 g/mol. The van der Waals surface area contributed by atoms with Crippen molar-refractivity contribution in [2.45, 2.75) is 24.2 Å². The van der Waals surface area contributed by atoms with Gasteiger partial charge in [-0.25, -0.2) is 13.1 Å². The van der Waals surface area contributed by atoms with E-state index in [0.29, 0.717) is 5.82 Å². The molecule has 2 heterocycles. The number of anilines is 2. The number of nitrogens with zero attached hydrogens (tertiary/aromatic N) is 3. The molecule has 27 heavy (non-hydrogen) atoms. The Kier molecular flexibility index (Phi) is 4.85.